The summed E-state index contributed by atoms with van der Waals surface area (Å²) in [5.74, 6) is -0.542. The van der Waals surface area contributed by atoms with Crippen LogP contribution in [0.3, 0.4) is 0 Å². The summed E-state index contributed by atoms with van der Waals surface area (Å²) >= 11 is 3.28. The van der Waals surface area contributed by atoms with E-state index in [2.05, 4.69) is 26.0 Å². The van der Waals surface area contributed by atoms with Crippen molar-refractivity contribution in [2.75, 3.05) is 13.7 Å². The Kier molecular flexibility index (Phi) is 4.98. The lowest BCUT2D eigenvalue weighted by Crippen LogP contribution is -2.26. The minimum atomic E-state index is -0.338. The molecule has 0 heterocycles. The molecule has 86 valence electrons. The van der Waals surface area contributed by atoms with E-state index in [0.29, 0.717) is 5.56 Å². The van der Waals surface area contributed by atoms with Gasteiger partial charge in [-0.2, -0.15) is 0 Å². The lowest BCUT2D eigenvalue weighted by atomic mass is 10.2. The summed E-state index contributed by atoms with van der Waals surface area (Å²) in [6.45, 7) is 0.276. The zero-order valence-electron chi connectivity index (χ0n) is 8.83. The Morgan fingerprint density at radius 1 is 1.44 bits per heavy atom. The summed E-state index contributed by atoms with van der Waals surface area (Å²) in [5.41, 5.74) is 0.555. The first kappa shape index (κ1) is 12.7. The van der Waals surface area contributed by atoms with Crippen molar-refractivity contribution in [2.45, 2.75) is 6.42 Å². The van der Waals surface area contributed by atoms with E-state index in [0.717, 1.165) is 4.47 Å². The number of methoxy groups -OCH3 is 1. The minimum absolute atomic E-state index is 0.177. The second-order valence-electron chi connectivity index (χ2n) is 3.09. The van der Waals surface area contributed by atoms with E-state index in [1.807, 2.05) is 6.07 Å². The van der Waals surface area contributed by atoms with Crippen molar-refractivity contribution in [2.24, 2.45) is 0 Å². The van der Waals surface area contributed by atoms with Crippen LogP contribution in [0.25, 0.3) is 0 Å². The molecule has 0 aliphatic rings. The second-order valence-corrected chi connectivity index (χ2v) is 4.01. The molecule has 0 fully saturated rings. The molecule has 16 heavy (non-hydrogen) atoms. The first-order chi connectivity index (χ1) is 7.63. The number of amides is 1. The summed E-state index contributed by atoms with van der Waals surface area (Å²) in [5, 5.41) is 2.63. The van der Waals surface area contributed by atoms with Gasteiger partial charge in [0.15, 0.2) is 0 Å². The topological polar surface area (TPSA) is 55.4 Å². The van der Waals surface area contributed by atoms with Gasteiger partial charge in [-0.25, -0.2) is 0 Å². The summed E-state index contributed by atoms with van der Waals surface area (Å²) < 4.78 is 5.30. The van der Waals surface area contributed by atoms with Gasteiger partial charge >= 0.3 is 5.97 Å². The molecule has 0 aromatic heterocycles. The Morgan fingerprint density at radius 3 is 2.81 bits per heavy atom. The highest BCUT2D eigenvalue weighted by molar-refractivity contribution is 9.10. The summed E-state index contributed by atoms with van der Waals surface area (Å²) in [6.07, 6.45) is 0.177. The van der Waals surface area contributed by atoms with Crippen LogP contribution >= 0.6 is 15.9 Å². The quantitative estimate of drug-likeness (QED) is 0.858. The Bertz CT molecular complexity index is 393. The van der Waals surface area contributed by atoms with Crippen LogP contribution in [0.1, 0.15) is 16.8 Å². The molecule has 1 N–H and O–H groups in total. The monoisotopic (exact) mass is 285 g/mol. The standard InChI is InChI=1S/C11H12BrNO3/c1-16-10(14)5-6-13-11(15)8-3-2-4-9(12)7-8/h2-4,7H,5-6H2,1H3,(H,13,15). The molecule has 0 saturated heterocycles. The Morgan fingerprint density at radius 2 is 2.19 bits per heavy atom. The molecule has 0 aliphatic heterocycles. The molecule has 0 atom stereocenters. The van der Waals surface area contributed by atoms with Crippen LogP contribution < -0.4 is 5.32 Å². The number of ether oxygens (including phenoxy) is 1. The van der Waals surface area contributed by atoms with E-state index in [-0.39, 0.29) is 24.8 Å². The fraction of sp³-hybridized carbons (Fsp3) is 0.273. The van der Waals surface area contributed by atoms with E-state index in [9.17, 15) is 9.59 Å². The molecule has 5 heteroatoms. The van der Waals surface area contributed by atoms with Gasteiger partial charge in [-0.05, 0) is 18.2 Å². The number of carbonyl (C=O) groups is 2. The molecular formula is C11H12BrNO3. The molecule has 1 aromatic rings. The SMILES string of the molecule is COC(=O)CCNC(=O)c1cccc(Br)c1. The second kappa shape index (κ2) is 6.27. The molecule has 0 bridgehead atoms. The number of benzene rings is 1. The maximum Gasteiger partial charge on any atom is 0.307 e. The molecule has 0 radical (unpaired) electrons. The van der Waals surface area contributed by atoms with Crippen molar-refractivity contribution in [1.82, 2.24) is 5.32 Å². The van der Waals surface area contributed by atoms with Crippen LogP contribution in [-0.4, -0.2) is 25.5 Å². The molecule has 4 nitrogen and oxygen atoms in total. The van der Waals surface area contributed by atoms with E-state index < -0.39 is 0 Å². The van der Waals surface area contributed by atoms with Crippen molar-refractivity contribution in [3.8, 4) is 0 Å². The Balaban J connectivity index is 2.44. The molecule has 1 rings (SSSR count). The number of hydrogen-bond acceptors (Lipinski definition) is 3. The zero-order valence-corrected chi connectivity index (χ0v) is 10.4. The number of hydrogen-bond donors (Lipinski definition) is 1. The summed E-state index contributed by atoms with van der Waals surface area (Å²) in [6, 6.07) is 7.04. The number of nitrogens with one attached hydrogen (secondary N) is 1. The highest BCUT2D eigenvalue weighted by Gasteiger charge is 2.06. The molecule has 0 spiro atoms. The van der Waals surface area contributed by atoms with Crippen LogP contribution in [0.2, 0.25) is 0 Å². The van der Waals surface area contributed by atoms with Gasteiger partial charge < -0.3 is 10.1 Å². The van der Waals surface area contributed by atoms with Crippen LogP contribution in [0.4, 0.5) is 0 Å². The highest BCUT2D eigenvalue weighted by Crippen LogP contribution is 2.11. The van der Waals surface area contributed by atoms with Crippen LogP contribution in [0.15, 0.2) is 28.7 Å². The molecule has 0 saturated carbocycles. The summed E-state index contributed by atoms with van der Waals surface area (Å²) in [7, 11) is 1.32. The van der Waals surface area contributed by atoms with Crippen LogP contribution in [0, 0.1) is 0 Å². The maximum absolute atomic E-state index is 11.6. The normalized spacial score (nSPS) is 9.62. The number of esters is 1. The van der Waals surface area contributed by atoms with E-state index in [1.54, 1.807) is 18.2 Å². The van der Waals surface area contributed by atoms with Crippen LogP contribution in [0.5, 0.6) is 0 Å². The van der Waals surface area contributed by atoms with E-state index in [1.165, 1.54) is 7.11 Å². The molecular weight excluding hydrogens is 274 g/mol. The van der Waals surface area contributed by atoms with Crippen molar-refractivity contribution < 1.29 is 14.3 Å². The van der Waals surface area contributed by atoms with Gasteiger partial charge in [0, 0.05) is 16.6 Å². The van der Waals surface area contributed by atoms with Crippen molar-refractivity contribution >= 4 is 27.8 Å². The maximum atomic E-state index is 11.6. The first-order valence-corrected chi connectivity index (χ1v) is 5.53. The van der Waals surface area contributed by atoms with Crippen molar-refractivity contribution in [3.63, 3.8) is 0 Å². The van der Waals surface area contributed by atoms with Crippen molar-refractivity contribution in [3.05, 3.63) is 34.3 Å². The molecule has 1 amide bonds. The largest absolute Gasteiger partial charge is 0.469 e. The average Bonchev–Trinajstić information content (AvgIpc) is 2.28. The third-order valence-electron chi connectivity index (χ3n) is 1.93. The van der Waals surface area contributed by atoms with Crippen LogP contribution in [-0.2, 0) is 9.53 Å². The van der Waals surface area contributed by atoms with Gasteiger partial charge in [0.1, 0.15) is 0 Å². The van der Waals surface area contributed by atoms with E-state index in [4.69, 9.17) is 0 Å². The zero-order chi connectivity index (χ0) is 12.0. The van der Waals surface area contributed by atoms with Gasteiger partial charge in [0.05, 0.1) is 13.5 Å². The molecule has 0 aliphatic carbocycles. The number of rotatable bonds is 4. The van der Waals surface area contributed by atoms with Gasteiger partial charge in [-0.1, -0.05) is 22.0 Å². The first-order valence-electron chi connectivity index (χ1n) is 4.74. The lowest BCUT2D eigenvalue weighted by Gasteiger charge is -2.04. The third kappa shape index (κ3) is 4.02. The average molecular weight is 286 g/mol. The third-order valence-corrected chi connectivity index (χ3v) is 2.42. The van der Waals surface area contributed by atoms with E-state index >= 15 is 0 Å². The highest BCUT2D eigenvalue weighted by atomic mass is 79.9. The van der Waals surface area contributed by atoms with Gasteiger partial charge in [0.25, 0.3) is 5.91 Å². The fourth-order valence-electron chi connectivity index (χ4n) is 1.11. The number of halogens is 1. The van der Waals surface area contributed by atoms with Gasteiger partial charge in [-0.15, -0.1) is 0 Å². The summed E-state index contributed by atoms with van der Waals surface area (Å²) in [4.78, 5) is 22.4. The molecule has 0 unspecified atom stereocenters. The fourth-order valence-corrected chi connectivity index (χ4v) is 1.51. The Labute approximate surface area is 102 Å². The predicted molar refractivity (Wildman–Crippen MR) is 63.1 cm³/mol. The molecule has 1 aromatic carbocycles. The van der Waals surface area contributed by atoms with Gasteiger partial charge in [0.2, 0.25) is 0 Å². The Hall–Kier alpha value is -1.36. The van der Waals surface area contributed by atoms with Crippen molar-refractivity contribution in [1.29, 1.82) is 0 Å². The predicted octanol–water partition coefficient (Wildman–Crippen LogP) is 1.74. The smallest absolute Gasteiger partial charge is 0.307 e. The lowest BCUT2D eigenvalue weighted by molar-refractivity contribution is -0.140. The number of carbonyl (C=O) groups excluding carboxylic acids is 2. The minimum Gasteiger partial charge on any atom is -0.469 e. The van der Waals surface area contributed by atoms with Gasteiger partial charge in [-0.3, -0.25) is 9.59 Å².